The topological polar surface area (TPSA) is 115 Å². The van der Waals surface area contributed by atoms with Gasteiger partial charge >= 0.3 is 7.12 Å². The summed E-state index contributed by atoms with van der Waals surface area (Å²) in [6.07, 6.45) is 11.0. The minimum atomic E-state index is -0.782. The molecule has 12 heteroatoms. The number of aldehydes is 1. The Morgan fingerprint density at radius 2 is 1.44 bits per heavy atom. The van der Waals surface area contributed by atoms with Crippen LogP contribution in [0, 0.1) is 5.92 Å². The second-order valence-corrected chi connectivity index (χ2v) is 16.9. The largest absolute Gasteiger partial charge is 0.506 e. The molecule has 1 aliphatic carbocycles. The van der Waals surface area contributed by atoms with Crippen molar-refractivity contribution in [1.82, 2.24) is 19.4 Å². The van der Waals surface area contributed by atoms with Gasteiger partial charge in [-0.1, -0.05) is 30.7 Å². The summed E-state index contributed by atoms with van der Waals surface area (Å²) in [5.74, 6) is 2.02. The first kappa shape index (κ1) is 37.5. The maximum absolute atomic E-state index is 13.9. The normalized spacial score (nSPS) is 22.0. The fraction of sp³-hybridized carbons (Fsp3) is 0.512. The number of piperidine rings is 2. The van der Waals surface area contributed by atoms with E-state index in [1.165, 1.54) is 0 Å². The third-order valence-electron chi connectivity index (χ3n) is 13.0. The first-order chi connectivity index (χ1) is 26.4. The molecule has 55 heavy (non-hydrogen) atoms. The summed E-state index contributed by atoms with van der Waals surface area (Å²) < 4.78 is 26.8. The molecule has 0 spiro atoms. The fourth-order valence-electron chi connectivity index (χ4n) is 8.56. The first-order valence-corrected chi connectivity index (χ1v) is 20.0. The number of hydrogen-bond acceptors (Lipinski definition) is 9. The van der Waals surface area contributed by atoms with E-state index in [4.69, 9.17) is 18.8 Å². The van der Waals surface area contributed by atoms with Gasteiger partial charge in [0.25, 0.3) is 0 Å². The van der Waals surface area contributed by atoms with Crippen molar-refractivity contribution < 1.29 is 33.5 Å². The molecule has 4 aliphatic rings. The summed E-state index contributed by atoms with van der Waals surface area (Å²) in [6.45, 7) is 10.8. The number of likely N-dealkylation sites (tertiary alicyclic amines) is 2. The van der Waals surface area contributed by atoms with Gasteiger partial charge in [-0.05, 0) is 107 Å². The molecule has 2 aromatic heterocycles. The number of ether oxygens (including phenoxy) is 2. The van der Waals surface area contributed by atoms with E-state index in [0.29, 0.717) is 31.7 Å². The lowest BCUT2D eigenvalue weighted by Crippen LogP contribution is -2.62. The van der Waals surface area contributed by atoms with E-state index in [0.717, 1.165) is 79.3 Å². The molecule has 4 aromatic rings. The number of benzene rings is 2. The Labute approximate surface area is 324 Å². The Kier molecular flexibility index (Phi) is 10.2. The molecule has 1 saturated carbocycles. The van der Waals surface area contributed by atoms with E-state index in [-0.39, 0.29) is 36.2 Å². The van der Waals surface area contributed by atoms with Crippen molar-refractivity contribution in [1.29, 1.82) is 0 Å². The van der Waals surface area contributed by atoms with Crippen LogP contribution in [0.1, 0.15) is 79.1 Å². The molecular formula is C43H53BN4O7. The molecule has 3 saturated heterocycles. The lowest BCUT2D eigenvalue weighted by atomic mass is 9.68. The van der Waals surface area contributed by atoms with Gasteiger partial charge in [-0.25, -0.2) is 4.52 Å². The Morgan fingerprint density at radius 1 is 0.855 bits per heavy atom. The molecule has 2 aromatic carbocycles. The van der Waals surface area contributed by atoms with E-state index in [1.54, 1.807) is 22.8 Å². The smallest absolute Gasteiger partial charge is 0.494 e. The predicted octanol–water partition coefficient (Wildman–Crippen LogP) is 6.05. The molecule has 1 unspecified atom stereocenters. The molecule has 3 aliphatic heterocycles. The molecule has 290 valence electrons. The third kappa shape index (κ3) is 7.48. The number of aromatic hydroxyl groups is 1. The second-order valence-electron chi connectivity index (χ2n) is 16.9. The van der Waals surface area contributed by atoms with E-state index in [2.05, 4.69) is 37.7 Å². The highest BCUT2D eigenvalue weighted by Crippen LogP contribution is 2.43. The standard InChI is InChI=1S/C43H53BN4O7/c1-41(2)42(3,4)55-44(54-41)33-10-14-35(15-11-33)53-36-17-22-46(23-18-36)40(51)27-43(29-49,32-6-5-7-32)47-24-19-37(20-25-47)52-34-12-8-30(9-13-34)31-26-39(50)38-16-21-45-48(38)28-31/h8-16,21,26,28-29,32,36-37,50H,5-7,17-20,22-25,27H2,1-4H3. The van der Waals surface area contributed by atoms with Crippen molar-refractivity contribution in [2.24, 2.45) is 5.92 Å². The lowest BCUT2D eigenvalue weighted by Gasteiger charge is -2.51. The van der Waals surface area contributed by atoms with Crippen LogP contribution in [0.5, 0.6) is 17.2 Å². The number of hydrogen-bond donors (Lipinski definition) is 1. The van der Waals surface area contributed by atoms with Crippen molar-refractivity contribution in [3.63, 3.8) is 0 Å². The highest BCUT2D eigenvalue weighted by atomic mass is 16.7. The van der Waals surface area contributed by atoms with Crippen LogP contribution in [0.2, 0.25) is 0 Å². The van der Waals surface area contributed by atoms with Crippen LogP contribution < -0.4 is 14.9 Å². The summed E-state index contributed by atoms with van der Waals surface area (Å²) in [4.78, 5) is 31.2. The van der Waals surface area contributed by atoms with Crippen LogP contribution >= 0.6 is 0 Å². The van der Waals surface area contributed by atoms with Gasteiger partial charge in [-0.15, -0.1) is 0 Å². The molecule has 11 nitrogen and oxygen atoms in total. The zero-order chi connectivity index (χ0) is 38.4. The number of carbonyl (C=O) groups excluding carboxylic acids is 2. The van der Waals surface area contributed by atoms with Gasteiger partial charge in [0.15, 0.2) is 0 Å². The van der Waals surface area contributed by atoms with Crippen LogP contribution in [-0.2, 0) is 18.9 Å². The Balaban J connectivity index is 0.831. The number of fused-ring (bicyclic) bond motifs is 1. The maximum Gasteiger partial charge on any atom is 0.494 e. The van der Waals surface area contributed by atoms with Gasteiger partial charge in [-0.2, -0.15) is 5.10 Å². The van der Waals surface area contributed by atoms with Crippen molar-refractivity contribution in [3.8, 4) is 28.4 Å². The third-order valence-corrected chi connectivity index (χ3v) is 13.0. The van der Waals surface area contributed by atoms with Crippen molar-refractivity contribution in [3.05, 3.63) is 73.1 Å². The number of aromatic nitrogens is 2. The monoisotopic (exact) mass is 748 g/mol. The highest BCUT2D eigenvalue weighted by molar-refractivity contribution is 6.62. The van der Waals surface area contributed by atoms with Gasteiger partial charge in [0.05, 0.1) is 29.4 Å². The summed E-state index contributed by atoms with van der Waals surface area (Å²) in [5, 5.41) is 14.7. The van der Waals surface area contributed by atoms with E-state index >= 15 is 0 Å². The van der Waals surface area contributed by atoms with E-state index in [1.807, 2.05) is 59.6 Å². The van der Waals surface area contributed by atoms with Crippen LogP contribution in [-0.4, -0.2) is 99.0 Å². The SMILES string of the molecule is CC1(C)OB(c2ccc(OC3CCN(C(=O)CC(C=O)(C4CCC4)N4CCC(Oc5ccc(-c6cc(O)c7ccnn7c6)cc5)CC4)CC3)cc2)OC1(C)C. The summed E-state index contributed by atoms with van der Waals surface area (Å²) >= 11 is 0. The Hall–Kier alpha value is -4.39. The predicted molar refractivity (Wildman–Crippen MR) is 211 cm³/mol. The number of nitrogens with zero attached hydrogens (tertiary/aromatic N) is 4. The number of amides is 1. The second kappa shape index (κ2) is 14.9. The quantitative estimate of drug-likeness (QED) is 0.145. The zero-order valence-corrected chi connectivity index (χ0v) is 32.5. The zero-order valence-electron chi connectivity index (χ0n) is 32.5. The van der Waals surface area contributed by atoms with E-state index < -0.39 is 23.9 Å². The first-order valence-electron chi connectivity index (χ1n) is 20.0. The van der Waals surface area contributed by atoms with Gasteiger partial charge in [-0.3, -0.25) is 9.69 Å². The summed E-state index contributed by atoms with van der Waals surface area (Å²) in [6, 6.07) is 19.4. The molecule has 0 bridgehead atoms. The minimum absolute atomic E-state index is 0.0179. The number of pyridine rings is 1. The summed E-state index contributed by atoms with van der Waals surface area (Å²) in [5.41, 5.74) is 1.88. The molecular weight excluding hydrogens is 695 g/mol. The van der Waals surface area contributed by atoms with E-state index in [9.17, 15) is 14.7 Å². The Morgan fingerprint density at radius 3 is 2.00 bits per heavy atom. The average molecular weight is 749 g/mol. The van der Waals surface area contributed by atoms with Crippen LogP contribution in [0.25, 0.3) is 16.6 Å². The minimum Gasteiger partial charge on any atom is -0.506 e. The molecule has 4 fully saturated rings. The summed E-state index contributed by atoms with van der Waals surface area (Å²) in [7, 11) is -0.413. The lowest BCUT2D eigenvalue weighted by molar-refractivity contribution is -0.145. The van der Waals surface area contributed by atoms with Crippen molar-refractivity contribution in [2.75, 3.05) is 26.2 Å². The number of carbonyl (C=O) groups is 2. The van der Waals surface area contributed by atoms with Crippen LogP contribution in [0.3, 0.4) is 0 Å². The van der Waals surface area contributed by atoms with Gasteiger partial charge in [0.1, 0.15) is 41.3 Å². The average Bonchev–Trinajstić information content (AvgIpc) is 3.72. The molecule has 1 N–H and O–H groups in total. The van der Waals surface area contributed by atoms with Gasteiger partial charge in [0, 0.05) is 50.8 Å². The molecule has 1 amide bonds. The van der Waals surface area contributed by atoms with Crippen molar-refractivity contribution in [2.45, 2.75) is 108 Å². The fourth-order valence-corrected chi connectivity index (χ4v) is 8.56. The van der Waals surface area contributed by atoms with Crippen LogP contribution in [0.4, 0.5) is 0 Å². The number of rotatable bonds is 11. The maximum atomic E-state index is 13.9. The molecule has 0 radical (unpaired) electrons. The van der Waals surface area contributed by atoms with Crippen LogP contribution in [0.15, 0.2) is 73.1 Å². The van der Waals surface area contributed by atoms with Crippen molar-refractivity contribution >= 4 is 30.3 Å². The van der Waals surface area contributed by atoms with Gasteiger partial charge in [0.2, 0.25) is 5.91 Å². The Bertz CT molecular complexity index is 1960. The molecule has 1 atom stereocenters. The highest BCUT2D eigenvalue weighted by Gasteiger charge is 2.52. The molecule has 8 rings (SSSR count). The van der Waals surface area contributed by atoms with Gasteiger partial charge < -0.3 is 33.6 Å². The molecule has 5 heterocycles.